The molecule has 0 radical (unpaired) electrons. The van der Waals surface area contributed by atoms with E-state index in [0.29, 0.717) is 31.2 Å². The van der Waals surface area contributed by atoms with Crippen molar-refractivity contribution in [1.29, 1.82) is 0 Å². The molecule has 6 heteroatoms. The largest absolute Gasteiger partial charge is 0.383 e. The van der Waals surface area contributed by atoms with Gasteiger partial charge in [0, 0.05) is 19.6 Å². The van der Waals surface area contributed by atoms with Crippen molar-refractivity contribution >= 4 is 11.5 Å². The van der Waals surface area contributed by atoms with E-state index < -0.39 is 11.2 Å². The van der Waals surface area contributed by atoms with Gasteiger partial charge in [0.15, 0.2) is 0 Å². The van der Waals surface area contributed by atoms with Gasteiger partial charge in [0.1, 0.15) is 11.5 Å². The number of hydrogen-bond acceptors (Lipinski definition) is 4. The third-order valence-corrected chi connectivity index (χ3v) is 3.59. The van der Waals surface area contributed by atoms with Crippen LogP contribution in [-0.4, -0.2) is 22.6 Å². The van der Waals surface area contributed by atoms with Crippen molar-refractivity contribution in [2.45, 2.75) is 46.6 Å². The van der Waals surface area contributed by atoms with Crippen LogP contribution in [0.5, 0.6) is 0 Å². The number of nitrogens with two attached hydrogens (primary N) is 1. The summed E-state index contributed by atoms with van der Waals surface area (Å²) < 4.78 is 1.45. The van der Waals surface area contributed by atoms with Crippen molar-refractivity contribution in [3.63, 3.8) is 0 Å². The molecule has 0 aliphatic heterocycles. The number of hydrogen-bond donors (Lipinski definition) is 2. The summed E-state index contributed by atoms with van der Waals surface area (Å²) in [5, 5.41) is 0. The Morgan fingerprint density at radius 3 is 2.64 bits per heavy atom. The molecule has 1 aromatic heterocycles. The molecule has 3 N–H and O–H groups in total. The first kappa shape index (κ1) is 18.1. The topological polar surface area (TPSA) is 84.1 Å². The van der Waals surface area contributed by atoms with Gasteiger partial charge in [-0.3, -0.25) is 14.3 Å². The lowest BCUT2D eigenvalue weighted by Crippen LogP contribution is -2.39. The molecular weight excluding hydrogens is 280 g/mol. The number of unbranched alkanes of at least 4 members (excludes halogenated alkanes) is 1. The minimum Gasteiger partial charge on any atom is -0.383 e. The van der Waals surface area contributed by atoms with Crippen molar-refractivity contribution in [3.05, 3.63) is 33.5 Å². The van der Waals surface area contributed by atoms with Crippen LogP contribution in [0.4, 0.5) is 11.5 Å². The van der Waals surface area contributed by atoms with Gasteiger partial charge in [0.25, 0.3) is 5.56 Å². The summed E-state index contributed by atoms with van der Waals surface area (Å²) in [6.45, 7) is 11.8. The predicted molar refractivity (Wildman–Crippen MR) is 92.5 cm³/mol. The highest BCUT2D eigenvalue weighted by atomic mass is 16.2. The first-order valence-electron chi connectivity index (χ1n) is 7.90. The minimum absolute atomic E-state index is 0.243. The molecule has 1 heterocycles. The molecule has 0 aromatic carbocycles. The van der Waals surface area contributed by atoms with Gasteiger partial charge in [-0.2, -0.15) is 0 Å². The highest BCUT2D eigenvalue weighted by Gasteiger charge is 2.18. The van der Waals surface area contributed by atoms with E-state index in [1.807, 2.05) is 11.8 Å². The number of nitrogens with one attached hydrogen (secondary N) is 1. The first-order chi connectivity index (χ1) is 10.4. The quantitative estimate of drug-likeness (QED) is 0.683. The molecule has 0 amide bonds. The number of H-pyrrole nitrogens is 1. The maximum atomic E-state index is 12.2. The average Bonchev–Trinajstić information content (AvgIpc) is 2.44. The monoisotopic (exact) mass is 308 g/mol. The van der Waals surface area contributed by atoms with Crippen molar-refractivity contribution in [1.82, 2.24) is 9.55 Å². The average molecular weight is 308 g/mol. The third kappa shape index (κ3) is 4.51. The molecule has 0 bridgehead atoms. The number of aromatic amines is 1. The van der Waals surface area contributed by atoms with Crippen molar-refractivity contribution < 1.29 is 0 Å². The summed E-state index contributed by atoms with van der Waals surface area (Å²) in [4.78, 5) is 28.4. The second-order valence-electron chi connectivity index (χ2n) is 5.92. The van der Waals surface area contributed by atoms with Crippen LogP contribution in [0.25, 0.3) is 0 Å². The summed E-state index contributed by atoms with van der Waals surface area (Å²) in [6.07, 6.45) is 4.45. The number of nitrogen functional groups attached to an aromatic ring is 1. The molecule has 0 aliphatic rings. The van der Waals surface area contributed by atoms with Gasteiger partial charge in [-0.25, -0.2) is 4.79 Å². The summed E-state index contributed by atoms with van der Waals surface area (Å²) in [5.41, 5.74) is 5.63. The van der Waals surface area contributed by atoms with Crippen LogP contribution in [0.3, 0.4) is 0 Å². The van der Waals surface area contributed by atoms with Crippen LogP contribution >= 0.6 is 0 Å². The van der Waals surface area contributed by atoms with E-state index in [4.69, 9.17) is 5.73 Å². The standard InChI is InChI=1S/C16H28N4O2/c1-5-7-10-20-14(17)13(15(21)18-16(20)22)19(9-6-2)11-8-12(3)4/h6,12H,2,5,7-11,17H2,1,3-4H3,(H,18,21,22). The Kier molecular flexibility index (Phi) is 6.95. The minimum atomic E-state index is -0.442. The second-order valence-corrected chi connectivity index (χ2v) is 5.92. The van der Waals surface area contributed by atoms with Crippen LogP contribution in [0.1, 0.15) is 40.0 Å². The number of aromatic nitrogens is 2. The van der Waals surface area contributed by atoms with Crippen LogP contribution in [-0.2, 0) is 6.54 Å². The molecule has 0 aliphatic carbocycles. The second kappa shape index (κ2) is 8.46. The highest BCUT2D eigenvalue weighted by molar-refractivity contribution is 5.62. The molecule has 22 heavy (non-hydrogen) atoms. The third-order valence-electron chi connectivity index (χ3n) is 3.59. The Labute approximate surface area is 131 Å². The molecule has 0 saturated heterocycles. The van der Waals surface area contributed by atoms with E-state index in [1.54, 1.807) is 6.08 Å². The van der Waals surface area contributed by atoms with Gasteiger partial charge >= 0.3 is 5.69 Å². The fraction of sp³-hybridized carbons (Fsp3) is 0.625. The van der Waals surface area contributed by atoms with Crippen molar-refractivity contribution in [2.75, 3.05) is 23.7 Å². The van der Waals surface area contributed by atoms with Crippen LogP contribution in [0.2, 0.25) is 0 Å². The fourth-order valence-corrected chi connectivity index (χ4v) is 2.29. The van der Waals surface area contributed by atoms with Crippen LogP contribution < -0.4 is 21.9 Å². The lowest BCUT2D eigenvalue weighted by molar-refractivity contribution is 0.573. The van der Waals surface area contributed by atoms with Gasteiger partial charge in [-0.15, -0.1) is 6.58 Å². The molecule has 0 unspecified atom stereocenters. The van der Waals surface area contributed by atoms with Gasteiger partial charge in [-0.05, 0) is 18.8 Å². The molecular formula is C16H28N4O2. The van der Waals surface area contributed by atoms with Gasteiger partial charge in [0.05, 0.1) is 0 Å². The maximum Gasteiger partial charge on any atom is 0.330 e. The maximum absolute atomic E-state index is 12.2. The van der Waals surface area contributed by atoms with Gasteiger partial charge in [0.2, 0.25) is 0 Å². The van der Waals surface area contributed by atoms with E-state index in [9.17, 15) is 9.59 Å². The Morgan fingerprint density at radius 1 is 1.41 bits per heavy atom. The first-order valence-corrected chi connectivity index (χ1v) is 7.90. The highest BCUT2D eigenvalue weighted by Crippen LogP contribution is 2.18. The van der Waals surface area contributed by atoms with E-state index in [2.05, 4.69) is 25.4 Å². The van der Waals surface area contributed by atoms with Crippen LogP contribution in [0, 0.1) is 5.92 Å². The summed E-state index contributed by atoms with van der Waals surface area (Å²) in [6, 6.07) is 0. The Hall–Kier alpha value is -1.98. The van der Waals surface area contributed by atoms with Gasteiger partial charge in [-0.1, -0.05) is 33.3 Å². The normalized spacial score (nSPS) is 10.9. The Morgan fingerprint density at radius 2 is 2.09 bits per heavy atom. The van der Waals surface area contributed by atoms with Crippen molar-refractivity contribution in [3.8, 4) is 0 Å². The molecule has 124 valence electrons. The van der Waals surface area contributed by atoms with E-state index in [1.165, 1.54) is 4.57 Å². The lowest BCUT2D eigenvalue weighted by Gasteiger charge is -2.25. The zero-order valence-electron chi connectivity index (χ0n) is 13.9. The number of nitrogens with zero attached hydrogens (tertiary/aromatic N) is 2. The smallest absolute Gasteiger partial charge is 0.330 e. The number of anilines is 2. The molecule has 1 aromatic rings. The zero-order valence-corrected chi connectivity index (χ0v) is 13.9. The zero-order chi connectivity index (χ0) is 16.7. The van der Waals surface area contributed by atoms with E-state index in [-0.39, 0.29) is 5.82 Å². The van der Waals surface area contributed by atoms with Crippen LogP contribution in [0.15, 0.2) is 22.2 Å². The SMILES string of the molecule is C=CCN(CCC(C)C)c1c(N)n(CCCC)c(=O)[nH]c1=O. The summed E-state index contributed by atoms with van der Waals surface area (Å²) >= 11 is 0. The molecule has 6 nitrogen and oxygen atoms in total. The molecule has 0 saturated carbocycles. The lowest BCUT2D eigenvalue weighted by atomic mass is 10.1. The fourth-order valence-electron chi connectivity index (χ4n) is 2.29. The molecule has 0 fully saturated rings. The summed E-state index contributed by atoms with van der Waals surface area (Å²) in [5.74, 6) is 0.756. The van der Waals surface area contributed by atoms with Gasteiger partial charge < -0.3 is 10.6 Å². The molecule has 0 spiro atoms. The molecule has 1 rings (SSSR count). The Balaban J connectivity index is 3.26. The Bertz CT molecular complexity index is 601. The van der Waals surface area contributed by atoms with E-state index >= 15 is 0 Å². The predicted octanol–water partition coefficient (Wildman–Crippen LogP) is 1.96. The number of rotatable bonds is 9. The molecule has 0 atom stereocenters. The van der Waals surface area contributed by atoms with E-state index in [0.717, 1.165) is 19.3 Å². The van der Waals surface area contributed by atoms with Crippen molar-refractivity contribution in [2.24, 2.45) is 5.92 Å². The summed E-state index contributed by atoms with van der Waals surface area (Å²) in [7, 11) is 0.